The zero-order chi connectivity index (χ0) is 22.7. The van der Waals surface area contributed by atoms with Gasteiger partial charge in [0.1, 0.15) is 0 Å². The van der Waals surface area contributed by atoms with Crippen LogP contribution < -0.4 is 19.9 Å². The van der Waals surface area contributed by atoms with Gasteiger partial charge in [-0.25, -0.2) is 0 Å². The molecular weight excluding hydrogens is 469 g/mol. The van der Waals surface area contributed by atoms with Gasteiger partial charge in [0.2, 0.25) is 0 Å². The van der Waals surface area contributed by atoms with Crippen molar-refractivity contribution in [2.24, 2.45) is 5.92 Å². The molecule has 0 unspecified atom stereocenters. The number of hydrogen-bond donors (Lipinski definition) is 0. The van der Waals surface area contributed by atoms with Gasteiger partial charge in [0, 0.05) is 14.1 Å². The first-order valence-corrected chi connectivity index (χ1v) is 12.8. The summed E-state index contributed by atoms with van der Waals surface area (Å²) < 4.78 is 13.9. The van der Waals surface area contributed by atoms with Gasteiger partial charge < -0.3 is 0 Å². The average Bonchev–Trinajstić information content (AvgIpc) is 3.12. The number of hydrogen-bond acceptors (Lipinski definition) is 5. The normalized spacial score (nSPS) is 15.2. The van der Waals surface area contributed by atoms with Crippen molar-refractivity contribution < 1.29 is 9.47 Å². The summed E-state index contributed by atoms with van der Waals surface area (Å²) in [5.74, 6) is 2.02. The number of piperidine rings is 1. The molecule has 0 bridgehead atoms. The van der Waals surface area contributed by atoms with Crippen LogP contribution in [-0.2, 0) is 13.1 Å². The third-order valence-electron chi connectivity index (χ3n) is 6.43. The number of fused-ring (bicyclic) bond motifs is 1. The van der Waals surface area contributed by atoms with Gasteiger partial charge in [0.05, 0.1) is 0 Å². The van der Waals surface area contributed by atoms with Crippen LogP contribution in [0.1, 0.15) is 24.8 Å². The van der Waals surface area contributed by atoms with Gasteiger partial charge in [-0.3, -0.25) is 0 Å². The van der Waals surface area contributed by atoms with Gasteiger partial charge in [-0.05, 0) is 0 Å². The minimum absolute atomic E-state index is 0.0180. The Labute approximate surface area is 196 Å². The van der Waals surface area contributed by atoms with Gasteiger partial charge in [-0.15, -0.1) is 0 Å². The molecule has 32 heavy (non-hydrogen) atoms. The van der Waals surface area contributed by atoms with E-state index in [1.54, 1.807) is 14.2 Å². The fourth-order valence-corrected chi connectivity index (χ4v) is 6.61. The topological polar surface area (TPSA) is 46.9 Å². The fraction of sp³-hybridized carbons (Fsp3) is 0.480. The van der Waals surface area contributed by atoms with E-state index in [0.717, 1.165) is 42.2 Å². The molecule has 1 aliphatic heterocycles. The molecule has 0 aliphatic carbocycles. The second kappa shape index (κ2) is 10.2. The molecule has 1 aromatic heterocycles. The molecule has 172 valence electrons. The predicted octanol–water partition coefficient (Wildman–Crippen LogP) is 3.44. The first-order chi connectivity index (χ1) is 15.5. The molecule has 7 heteroatoms. The quantitative estimate of drug-likeness (QED) is 0.442. The molecule has 3 aromatic rings. The summed E-state index contributed by atoms with van der Waals surface area (Å²) in [4.78, 5) is 17.6. The molecule has 2 aromatic carbocycles. The summed E-state index contributed by atoms with van der Waals surface area (Å²) in [5.41, 5.74) is 2.77. The number of rotatable bonds is 8. The SMILES string of the molecule is COc1cc2[se]n(CCC3CCN(Cc4cccc(N(C)C)c4)CC3)c(=O)c2cc1OC. The molecule has 0 saturated carbocycles. The van der Waals surface area contributed by atoms with Gasteiger partial charge in [0.15, 0.2) is 0 Å². The Bertz CT molecular complexity index is 1110. The first-order valence-electron chi connectivity index (χ1n) is 11.2. The van der Waals surface area contributed by atoms with E-state index in [9.17, 15) is 4.79 Å². The predicted molar refractivity (Wildman–Crippen MR) is 132 cm³/mol. The molecule has 0 radical (unpaired) electrons. The van der Waals surface area contributed by atoms with Crippen LogP contribution in [-0.4, -0.2) is 64.6 Å². The Morgan fingerprint density at radius 3 is 2.47 bits per heavy atom. The van der Waals surface area contributed by atoms with Crippen molar-refractivity contribution in [2.45, 2.75) is 32.4 Å². The zero-order valence-electron chi connectivity index (χ0n) is 19.5. The fourth-order valence-electron chi connectivity index (χ4n) is 4.47. The maximum atomic E-state index is 12.9. The Hall–Kier alpha value is -2.21. The van der Waals surface area contributed by atoms with E-state index < -0.39 is 0 Å². The summed E-state index contributed by atoms with van der Waals surface area (Å²) in [6.07, 6.45) is 3.49. The summed E-state index contributed by atoms with van der Waals surface area (Å²) in [6.45, 7) is 4.12. The summed E-state index contributed by atoms with van der Waals surface area (Å²) in [6, 6.07) is 12.6. The molecule has 0 atom stereocenters. The van der Waals surface area contributed by atoms with Crippen LogP contribution in [0.4, 0.5) is 5.69 Å². The molecule has 1 saturated heterocycles. The van der Waals surface area contributed by atoms with Crippen molar-refractivity contribution in [2.75, 3.05) is 46.3 Å². The number of likely N-dealkylation sites (tertiary alicyclic amines) is 1. The molecular formula is C25H33N3O3Se. The van der Waals surface area contributed by atoms with Crippen molar-refractivity contribution >= 4 is 30.1 Å². The van der Waals surface area contributed by atoms with Crippen molar-refractivity contribution in [3.05, 3.63) is 52.3 Å². The number of anilines is 1. The number of nitrogens with zero attached hydrogens (tertiary/aromatic N) is 3. The van der Waals surface area contributed by atoms with E-state index in [-0.39, 0.29) is 20.3 Å². The molecule has 2 heterocycles. The number of aryl methyl sites for hydroxylation is 1. The minimum atomic E-state index is 0.0180. The van der Waals surface area contributed by atoms with Crippen molar-refractivity contribution in [1.29, 1.82) is 0 Å². The Morgan fingerprint density at radius 2 is 1.78 bits per heavy atom. The number of aromatic nitrogens is 1. The second-order valence-corrected chi connectivity index (χ2v) is 11.0. The van der Waals surface area contributed by atoms with E-state index in [1.165, 1.54) is 24.1 Å². The first kappa shape index (κ1) is 23.0. The van der Waals surface area contributed by atoms with Crippen LogP contribution in [0.25, 0.3) is 9.65 Å². The van der Waals surface area contributed by atoms with E-state index in [2.05, 4.69) is 48.2 Å². The Morgan fingerprint density at radius 1 is 1.06 bits per heavy atom. The standard InChI is InChI=1S/C25H33N3O3Se/c1-26(2)20-7-5-6-19(14-20)17-27-11-8-18(9-12-27)10-13-28-25(29)21-15-22(30-3)23(31-4)16-24(21)32-28/h5-7,14-16,18H,8-13,17H2,1-4H3. The van der Waals surface area contributed by atoms with E-state index >= 15 is 0 Å². The number of ether oxygens (including phenoxy) is 2. The van der Waals surface area contributed by atoms with Gasteiger partial charge in [-0.1, -0.05) is 0 Å². The van der Waals surface area contributed by atoms with Crippen LogP contribution in [0, 0.1) is 5.92 Å². The van der Waals surface area contributed by atoms with E-state index in [1.807, 2.05) is 15.7 Å². The zero-order valence-corrected chi connectivity index (χ0v) is 21.2. The molecule has 1 fully saturated rings. The Kier molecular flexibility index (Phi) is 7.29. The monoisotopic (exact) mass is 503 g/mol. The van der Waals surface area contributed by atoms with Crippen molar-refractivity contribution in [1.82, 2.24) is 8.46 Å². The van der Waals surface area contributed by atoms with Crippen LogP contribution in [0.3, 0.4) is 0 Å². The van der Waals surface area contributed by atoms with Crippen LogP contribution in [0.2, 0.25) is 0 Å². The van der Waals surface area contributed by atoms with Gasteiger partial charge in [-0.2, -0.15) is 0 Å². The molecule has 4 rings (SSSR count). The van der Waals surface area contributed by atoms with Crippen molar-refractivity contribution in [3.8, 4) is 11.5 Å². The van der Waals surface area contributed by atoms with Gasteiger partial charge in [0.25, 0.3) is 0 Å². The maximum absolute atomic E-state index is 12.9. The second-order valence-electron chi connectivity index (χ2n) is 8.77. The van der Waals surface area contributed by atoms with Gasteiger partial charge >= 0.3 is 182 Å². The van der Waals surface area contributed by atoms with Crippen LogP contribution in [0.5, 0.6) is 11.5 Å². The third-order valence-corrected chi connectivity index (χ3v) is 8.75. The molecule has 6 nitrogen and oxygen atoms in total. The van der Waals surface area contributed by atoms with Crippen LogP contribution in [0.15, 0.2) is 41.2 Å². The van der Waals surface area contributed by atoms with E-state index in [0.29, 0.717) is 17.4 Å². The average molecular weight is 503 g/mol. The summed E-state index contributed by atoms with van der Waals surface area (Å²) in [5, 5.41) is 0.775. The third kappa shape index (κ3) is 5.06. The molecule has 0 amide bonds. The van der Waals surface area contributed by atoms with Crippen LogP contribution >= 0.6 is 0 Å². The van der Waals surface area contributed by atoms with E-state index in [4.69, 9.17) is 9.47 Å². The number of benzene rings is 2. The molecule has 0 spiro atoms. The van der Waals surface area contributed by atoms with Crippen molar-refractivity contribution in [3.63, 3.8) is 0 Å². The summed E-state index contributed by atoms with van der Waals surface area (Å²) in [7, 11) is 7.42. The molecule has 1 aliphatic rings. The Balaban J connectivity index is 1.33. The summed E-state index contributed by atoms with van der Waals surface area (Å²) >= 11 is 0.0180. The molecule has 0 N–H and O–H groups in total. The number of methoxy groups -OCH3 is 2.